The quantitative estimate of drug-likeness (QED) is 0.797. The average Bonchev–Trinajstić information content (AvgIpc) is 2.88. The third-order valence-electron chi connectivity index (χ3n) is 3.99. The van der Waals surface area contributed by atoms with Gasteiger partial charge in [0.2, 0.25) is 5.91 Å². The van der Waals surface area contributed by atoms with Gasteiger partial charge in [0, 0.05) is 32.6 Å². The molecule has 5 nitrogen and oxygen atoms in total. The number of phenolic OH excluding ortho intramolecular Hbond substituents is 1. The van der Waals surface area contributed by atoms with Crippen LogP contribution in [0.25, 0.3) is 0 Å². The van der Waals surface area contributed by atoms with Crippen LogP contribution < -0.4 is 0 Å². The Labute approximate surface area is 125 Å². The number of likely N-dealkylation sites (tertiary alicyclic amines) is 1. The summed E-state index contributed by atoms with van der Waals surface area (Å²) in [4.78, 5) is 15.6. The zero-order valence-electron chi connectivity index (χ0n) is 12.5. The molecule has 0 bridgehead atoms. The topological polar surface area (TPSA) is 64.0 Å². The molecule has 116 valence electrons. The molecule has 0 aliphatic carbocycles. The van der Waals surface area contributed by atoms with E-state index in [1.165, 1.54) is 0 Å². The smallest absolute Gasteiger partial charge is 0.222 e. The van der Waals surface area contributed by atoms with E-state index in [9.17, 15) is 15.0 Å². The summed E-state index contributed by atoms with van der Waals surface area (Å²) in [5.74, 6) is 0.400. The summed E-state index contributed by atoms with van der Waals surface area (Å²) in [5.41, 5.74) is 0.714. The summed E-state index contributed by atoms with van der Waals surface area (Å²) < 4.78 is 0. The molecule has 2 N–H and O–H groups in total. The van der Waals surface area contributed by atoms with Gasteiger partial charge in [0.1, 0.15) is 5.75 Å². The van der Waals surface area contributed by atoms with Gasteiger partial charge in [-0.2, -0.15) is 0 Å². The molecule has 0 saturated carbocycles. The first-order valence-corrected chi connectivity index (χ1v) is 7.57. The molecule has 1 aromatic rings. The molecule has 1 fully saturated rings. The number of carbonyl (C=O) groups excluding carboxylic acids is 1. The van der Waals surface area contributed by atoms with Crippen molar-refractivity contribution >= 4 is 5.91 Å². The fourth-order valence-corrected chi connectivity index (χ4v) is 2.66. The van der Waals surface area contributed by atoms with Crippen LogP contribution in [-0.4, -0.2) is 58.6 Å². The Morgan fingerprint density at radius 3 is 2.86 bits per heavy atom. The number of amides is 1. The Hall–Kier alpha value is -1.59. The first kappa shape index (κ1) is 15.8. The summed E-state index contributed by atoms with van der Waals surface area (Å²) in [6.07, 6.45) is 0.987. The fraction of sp³-hybridized carbons (Fsp3) is 0.562. The maximum atomic E-state index is 11.6. The largest absolute Gasteiger partial charge is 0.508 e. The number of phenols is 1. The lowest BCUT2D eigenvalue weighted by molar-refractivity contribution is -0.127. The lowest BCUT2D eigenvalue weighted by Gasteiger charge is -2.26. The highest BCUT2D eigenvalue weighted by Gasteiger charge is 2.21. The van der Waals surface area contributed by atoms with Crippen LogP contribution in [0.5, 0.6) is 5.75 Å². The number of benzene rings is 1. The molecular weight excluding hydrogens is 268 g/mol. The molecule has 1 aliphatic heterocycles. The van der Waals surface area contributed by atoms with E-state index >= 15 is 0 Å². The van der Waals surface area contributed by atoms with E-state index in [-0.39, 0.29) is 11.7 Å². The summed E-state index contributed by atoms with van der Waals surface area (Å²) in [5, 5.41) is 19.7. The second kappa shape index (κ2) is 7.43. The van der Waals surface area contributed by atoms with Crippen molar-refractivity contribution < 1.29 is 15.0 Å². The van der Waals surface area contributed by atoms with Gasteiger partial charge in [0.25, 0.3) is 0 Å². The number of hydrogen-bond donors (Lipinski definition) is 2. The number of carbonyl (C=O) groups is 1. The standard InChI is InChI=1S/C16H24N2O3/c1-2-17(9-10-18-8-4-7-16(18)21)12-15(20)13-5-3-6-14(19)11-13/h3,5-6,11,15,19-20H,2,4,7-10,12H2,1H3/t15-/m0/s1. The predicted octanol–water partition coefficient (Wildman–Crippen LogP) is 1.37. The predicted molar refractivity (Wildman–Crippen MR) is 81.0 cm³/mol. The molecule has 1 aliphatic rings. The van der Waals surface area contributed by atoms with Crippen molar-refractivity contribution in [2.24, 2.45) is 0 Å². The molecule has 1 atom stereocenters. The van der Waals surface area contributed by atoms with E-state index in [0.717, 1.165) is 32.6 Å². The Morgan fingerprint density at radius 2 is 2.24 bits per heavy atom. The second-order valence-electron chi connectivity index (χ2n) is 5.49. The van der Waals surface area contributed by atoms with E-state index in [0.29, 0.717) is 18.5 Å². The van der Waals surface area contributed by atoms with Gasteiger partial charge < -0.3 is 15.1 Å². The van der Waals surface area contributed by atoms with Crippen molar-refractivity contribution in [2.45, 2.75) is 25.9 Å². The molecule has 0 spiro atoms. The number of aliphatic hydroxyl groups excluding tert-OH is 1. The van der Waals surface area contributed by atoms with Crippen LogP contribution in [0.15, 0.2) is 24.3 Å². The second-order valence-corrected chi connectivity index (χ2v) is 5.49. The molecule has 2 rings (SSSR count). The highest BCUT2D eigenvalue weighted by molar-refractivity contribution is 5.78. The monoisotopic (exact) mass is 292 g/mol. The summed E-state index contributed by atoms with van der Waals surface area (Å²) >= 11 is 0. The minimum Gasteiger partial charge on any atom is -0.508 e. The highest BCUT2D eigenvalue weighted by Crippen LogP contribution is 2.19. The Bertz CT molecular complexity index is 478. The van der Waals surface area contributed by atoms with E-state index in [2.05, 4.69) is 4.90 Å². The van der Waals surface area contributed by atoms with Gasteiger partial charge in [0.05, 0.1) is 6.10 Å². The van der Waals surface area contributed by atoms with Crippen molar-refractivity contribution in [1.82, 2.24) is 9.80 Å². The molecule has 0 radical (unpaired) electrons. The van der Waals surface area contributed by atoms with Crippen LogP contribution in [0.3, 0.4) is 0 Å². The molecule has 5 heteroatoms. The normalized spacial score (nSPS) is 16.7. The number of aromatic hydroxyl groups is 1. The van der Waals surface area contributed by atoms with Crippen LogP contribution in [0.2, 0.25) is 0 Å². The van der Waals surface area contributed by atoms with Crippen LogP contribution in [-0.2, 0) is 4.79 Å². The molecule has 1 amide bonds. The van der Waals surface area contributed by atoms with Crippen molar-refractivity contribution in [3.8, 4) is 5.75 Å². The number of nitrogens with zero attached hydrogens (tertiary/aromatic N) is 2. The van der Waals surface area contributed by atoms with E-state index < -0.39 is 6.10 Å². The van der Waals surface area contributed by atoms with Crippen LogP contribution in [0.1, 0.15) is 31.4 Å². The molecule has 1 heterocycles. The Morgan fingerprint density at radius 1 is 1.43 bits per heavy atom. The number of rotatable bonds is 7. The molecule has 1 saturated heterocycles. The number of hydrogen-bond acceptors (Lipinski definition) is 4. The summed E-state index contributed by atoms with van der Waals surface area (Å²) in [6, 6.07) is 6.71. The molecule has 0 unspecified atom stereocenters. The summed E-state index contributed by atoms with van der Waals surface area (Å²) in [6.45, 7) is 5.70. The van der Waals surface area contributed by atoms with Gasteiger partial charge in [-0.25, -0.2) is 0 Å². The fourth-order valence-electron chi connectivity index (χ4n) is 2.66. The minimum absolute atomic E-state index is 0.164. The number of aliphatic hydroxyl groups is 1. The third kappa shape index (κ3) is 4.44. The molecule has 1 aromatic carbocycles. The van der Waals surface area contributed by atoms with E-state index in [1.807, 2.05) is 17.9 Å². The van der Waals surface area contributed by atoms with Gasteiger partial charge in [-0.15, -0.1) is 0 Å². The number of likely N-dealkylation sites (N-methyl/N-ethyl adjacent to an activating group) is 1. The van der Waals surface area contributed by atoms with Gasteiger partial charge in [-0.3, -0.25) is 9.69 Å². The van der Waals surface area contributed by atoms with Gasteiger partial charge >= 0.3 is 0 Å². The average molecular weight is 292 g/mol. The minimum atomic E-state index is -0.633. The van der Waals surface area contributed by atoms with Gasteiger partial charge in [-0.1, -0.05) is 19.1 Å². The highest BCUT2D eigenvalue weighted by atomic mass is 16.3. The van der Waals surface area contributed by atoms with Crippen molar-refractivity contribution in [2.75, 3.05) is 32.7 Å². The van der Waals surface area contributed by atoms with E-state index in [1.54, 1.807) is 18.2 Å². The zero-order chi connectivity index (χ0) is 15.2. The maximum Gasteiger partial charge on any atom is 0.222 e. The first-order chi connectivity index (χ1) is 10.1. The van der Waals surface area contributed by atoms with Crippen molar-refractivity contribution in [3.05, 3.63) is 29.8 Å². The van der Waals surface area contributed by atoms with Crippen LogP contribution in [0.4, 0.5) is 0 Å². The van der Waals surface area contributed by atoms with E-state index in [4.69, 9.17) is 0 Å². The first-order valence-electron chi connectivity index (χ1n) is 7.57. The Balaban J connectivity index is 1.85. The van der Waals surface area contributed by atoms with Gasteiger partial charge in [-0.05, 0) is 30.7 Å². The molecular formula is C16H24N2O3. The van der Waals surface area contributed by atoms with Crippen molar-refractivity contribution in [1.29, 1.82) is 0 Å². The SMILES string of the molecule is CCN(CCN1CCCC1=O)C[C@H](O)c1cccc(O)c1. The maximum absolute atomic E-state index is 11.6. The lowest BCUT2D eigenvalue weighted by atomic mass is 10.1. The Kier molecular flexibility index (Phi) is 5.59. The molecule has 21 heavy (non-hydrogen) atoms. The van der Waals surface area contributed by atoms with Crippen LogP contribution in [0, 0.1) is 0 Å². The third-order valence-corrected chi connectivity index (χ3v) is 3.99. The van der Waals surface area contributed by atoms with Crippen molar-refractivity contribution in [3.63, 3.8) is 0 Å². The lowest BCUT2D eigenvalue weighted by Crippen LogP contribution is -2.37. The van der Waals surface area contributed by atoms with Gasteiger partial charge in [0.15, 0.2) is 0 Å². The van der Waals surface area contributed by atoms with Crippen LogP contribution >= 0.6 is 0 Å². The molecule has 0 aromatic heterocycles. The zero-order valence-corrected chi connectivity index (χ0v) is 12.5. The summed E-state index contributed by atoms with van der Waals surface area (Å²) in [7, 11) is 0.